The first-order valence-corrected chi connectivity index (χ1v) is 4.02. The van der Waals surface area contributed by atoms with Crippen LogP contribution in [-0.4, -0.2) is 13.3 Å². The highest BCUT2D eigenvalue weighted by Gasteiger charge is 2.39. The van der Waals surface area contributed by atoms with Crippen LogP contribution >= 0.6 is 12.4 Å². The van der Waals surface area contributed by atoms with Gasteiger partial charge in [0.2, 0.25) is 0 Å². The second-order valence-electron chi connectivity index (χ2n) is 2.91. The third kappa shape index (κ3) is 3.24. The zero-order valence-corrected chi connectivity index (χ0v) is 9.03. The van der Waals surface area contributed by atoms with Gasteiger partial charge in [0.15, 0.2) is 0 Å². The molecule has 0 unspecified atom stereocenters. The van der Waals surface area contributed by atoms with Gasteiger partial charge in [0.05, 0.1) is 7.11 Å². The van der Waals surface area contributed by atoms with E-state index in [-0.39, 0.29) is 18.2 Å². The van der Waals surface area contributed by atoms with E-state index < -0.39 is 23.6 Å². The minimum absolute atomic E-state index is 0. The normalized spacial score (nSPS) is 12.9. The second-order valence-corrected chi connectivity index (χ2v) is 2.91. The fraction of sp³-hybridized carbons (Fsp3) is 0.333. The number of hydrogen-bond acceptors (Lipinski definition) is 2. The molecule has 0 fully saturated rings. The lowest BCUT2D eigenvalue weighted by molar-refractivity contribution is -0.149. The maximum absolute atomic E-state index is 13.2. The van der Waals surface area contributed by atoms with Crippen LogP contribution in [-0.2, 0) is 0 Å². The van der Waals surface area contributed by atoms with Crippen molar-refractivity contribution >= 4 is 12.4 Å². The summed E-state index contributed by atoms with van der Waals surface area (Å²) in [6, 6.07) is 0.737. The molecule has 0 aromatic heterocycles. The van der Waals surface area contributed by atoms with Gasteiger partial charge in [-0.3, -0.25) is 0 Å². The largest absolute Gasteiger partial charge is 0.497 e. The van der Waals surface area contributed by atoms with Gasteiger partial charge in [0.25, 0.3) is 0 Å². The van der Waals surface area contributed by atoms with Crippen LogP contribution in [0.2, 0.25) is 0 Å². The molecule has 0 aliphatic heterocycles. The summed E-state index contributed by atoms with van der Waals surface area (Å²) < 4.78 is 54.3. The van der Waals surface area contributed by atoms with E-state index >= 15 is 0 Å². The number of halogens is 5. The molecule has 16 heavy (non-hydrogen) atoms. The molecule has 1 rings (SSSR count). The molecule has 7 heteroatoms. The summed E-state index contributed by atoms with van der Waals surface area (Å²) in [5.41, 5.74) is 4.26. The van der Waals surface area contributed by atoms with Crippen molar-refractivity contribution in [3.05, 3.63) is 29.6 Å². The SMILES string of the molecule is COc1ccc([C@H](N)C(F)(F)F)c(F)c1.Cl. The van der Waals surface area contributed by atoms with Gasteiger partial charge < -0.3 is 10.5 Å². The highest BCUT2D eigenvalue weighted by molar-refractivity contribution is 5.85. The monoisotopic (exact) mass is 259 g/mol. The van der Waals surface area contributed by atoms with Crippen LogP contribution in [0.4, 0.5) is 17.6 Å². The van der Waals surface area contributed by atoms with Gasteiger partial charge in [0, 0.05) is 11.6 Å². The Morgan fingerprint density at radius 1 is 1.31 bits per heavy atom. The van der Waals surface area contributed by atoms with Gasteiger partial charge in [-0.15, -0.1) is 12.4 Å². The lowest BCUT2D eigenvalue weighted by atomic mass is 10.1. The summed E-state index contributed by atoms with van der Waals surface area (Å²) in [4.78, 5) is 0. The van der Waals surface area contributed by atoms with Crippen molar-refractivity contribution in [2.75, 3.05) is 7.11 Å². The quantitative estimate of drug-likeness (QED) is 0.829. The Morgan fingerprint density at radius 2 is 1.88 bits per heavy atom. The number of rotatable bonds is 2. The molecule has 0 saturated heterocycles. The number of benzene rings is 1. The summed E-state index contributed by atoms with van der Waals surface area (Å²) in [7, 11) is 1.29. The molecule has 0 aliphatic carbocycles. The van der Waals surface area contributed by atoms with Crippen molar-refractivity contribution < 1.29 is 22.3 Å². The van der Waals surface area contributed by atoms with Crippen LogP contribution in [0, 0.1) is 5.82 Å². The Labute approximate surface area is 95.8 Å². The minimum atomic E-state index is -4.66. The van der Waals surface area contributed by atoms with Crippen molar-refractivity contribution in [2.24, 2.45) is 5.73 Å². The number of methoxy groups -OCH3 is 1. The van der Waals surface area contributed by atoms with Gasteiger partial charge in [-0.1, -0.05) is 6.07 Å². The Bertz CT molecular complexity index is 356. The molecule has 0 aliphatic rings. The van der Waals surface area contributed by atoms with Crippen LogP contribution < -0.4 is 10.5 Å². The van der Waals surface area contributed by atoms with E-state index in [1.807, 2.05) is 0 Å². The van der Waals surface area contributed by atoms with E-state index in [0.717, 1.165) is 12.1 Å². The van der Waals surface area contributed by atoms with Crippen molar-refractivity contribution in [1.82, 2.24) is 0 Å². The molecule has 0 bridgehead atoms. The zero-order valence-electron chi connectivity index (χ0n) is 8.22. The summed E-state index contributed by atoms with van der Waals surface area (Å²) in [5, 5.41) is 0. The predicted molar refractivity (Wildman–Crippen MR) is 53.2 cm³/mol. The van der Waals surface area contributed by atoms with Crippen LogP contribution in [0.5, 0.6) is 5.75 Å². The van der Waals surface area contributed by atoms with E-state index in [2.05, 4.69) is 4.74 Å². The highest BCUT2D eigenvalue weighted by Crippen LogP contribution is 2.32. The van der Waals surface area contributed by atoms with Crippen molar-refractivity contribution in [1.29, 1.82) is 0 Å². The maximum atomic E-state index is 13.2. The van der Waals surface area contributed by atoms with Gasteiger partial charge in [-0.25, -0.2) is 4.39 Å². The Morgan fingerprint density at radius 3 is 2.25 bits per heavy atom. The molecule has 92 valence electrons. The average molecular weight is 260 g/mol. The second kappa shape index (κ2) is 5.36. The topological polar surface area (TPSA) is 35.2 Å². The highest BCUT2D eigenvalue weighted by atomic mass is 35.5. The molecule has 0 spiro atoms. The van der Waals surface area contributed by atoms with E-state index in [1.165, 1.54) is 13.2 Å². The Kier molecular flexibility index (Phi) is 5.02. The van der Waals surface area contributed by atoms with Crippen molar-refractivity contribution in [3.63, 3.8) is 0 Å². The predicted octanol–water partition coefficient (Wildman–Crippen LogP) is 2.82. The lowest BCUT2D eigenvalue weighted by Gasteiger charge is -2.16. The first-order chi connectivity index (χ1) is 6.86. The zero-order chi connectivity index (χ0) is 11.6. The fourth-order valence-corrected chi connectivity index (χ4v) is 1.06. The fourth-order valence-electron chi connectivity index (χ4n) is 1.06. The van der Waals surface area contributed by atoms with Crippen LogP contribution in [0.3, 0.4) is 0 Å². The Balaban J connectivity index is 0.00000225. The first kappa shape index (κ1) is 15.0. The van der Waals surface area contributed by atoms with E-state index in [9.17, 15) is 17.6 Å². The average Bonchev–Trinajstić information content (AvgIpc) is 2.15. The lowest BCUT2D eigenvalue weighted by Crippen LogP contribution is -2.29. The molecule has 1 aromatic carbocycles. The molecule has 1 aromatic rings. The van der Waals surface area contributed by atoms with Crippen molar-refractivity contribution in [3.8, 4) is 5.75 Å². The molecular weight excluding hydrogens is 250 g/mol. The van der Waals surface area contributed by atoms with E-state index in [0.29, 0.717) is 0 Å². The maximum Gasteiger partial charge on any atom is 0.407 e. The molecular formula is C9H10ClF4NO. The molecule has 0 radical (unpaired) electrons. The first-order valence-electron chi connectivity index (χ1n) is 4.02. The van der Waals surface area contributed by atoms with Gasteiger partial charge in [0.1, 0.15) is 17.6 Å². The molecule has 0 heterocycles. The van der Waals surface area contributed by atoms with E-state index in [1.54, 1.807) is 0 Å². The molecule has 0 amide bonds. The number of hydrogen-bond donors (Lipinski definition) is 1. The summed E-state index contributed by atoms with van der Waals surface area (Å²) in [5.74, 6) is -0.884. The molecule has 1 atom stereocenters. The van der Waals surface area contributed by atoms with Gasteiger partial charge >= 0.3 is 6.18 Å². The molecule has 2 N–H and O–H groups in total. The number of alkyl halides is 3. The van der Waals surface area contributed by atoms with Crippen LogP contribution in [0.1, 0.15) is 11.6 Å². The summed E-state index contributed by atoms with van der Waals surface area (Å²) in [6.07, 6.45) is -4.66. The van der Waals surface area contributed by atoms with E-state index in [4.69, 9.17) is 5.73 Å². The minimum Gasteiger partial charge on any atom is -0.497 e. The smallest absolute Gasteiger partial charge is 0.407 e. The van der Waals surface area contributed by atoms with Crippen LogP contribution in [0.15, 0.2) is 18.2 Å². The third-order valence-electron chi connectivity index (χ3n) is 1.90. The summed E-state index contributed by atoms with van der Waals surface area (Å²) >= 11 is 0. The summed E-state index contributed by atoms with van der Waals surface area (Å²) in [6.45, 7) is 0. The standard InChI is InChI=1S/C9H9F4NO.ClH/c1-15-5-2-3-6(7(10)4-5)8(14)9(11,12)13;/h2-4,8H,14H2,1H3;1H/t8-;/m0./s1. The number of ether oxygens (including phenoxy) is 1. The molecule has 2 nitrogen and oxygen atoms in total. The number of nitrogens with two attached hydrogens (primary N) is 1. The third-order valence-corrected chi connectivity index (χ3v) is 1.90. The Hall–Kier alpha value is -1.01. The van der Waals surface area contributed by atoms with Gasteiger partial charge in [-0.05, 0) is 6.07 Å². The van der Waals surface area contributed by atoms with Crippen LogP contribution in [0.25, 0.3) is 0 Å². The van der Waals surface area contributed by atoms with Gasteiger partial charge in [-0.2, -0.15) is 13.2 Å². The van der Waals surface area contributed by atoms with Crippen molar-refractivity contribution in [2.45, 2.75) is 12.2 Å². The molecule has 0 saturated carbocycles.